The number of nitrogens with zero attached hydrogens (tertiary/aromatic N) is 3. The maximum absolute atomic E-state index is 10.2. The summed E-state index contributed by atoms with van der Waals surface area (Å²) in [6, 6.07) is 12.4. The molecule has 3 rings (SSSR count). The molecule has 134 valence electrons. The number of halogens is 1. The number of aliphatic imine (C=N–C) groups is 1. The highest BCUT2D eigenvalue weighted by atomic mass is 35.5. The summed E-state index contributed by atoms with van der Waals surface area (Å²) in [7, 11) is 1.99. The molecular weight excluding hydrogens is 350 g/mol. The molecule has 6 heteroatoms. The molecule has 0 radical (unpaired) electrons. The van der Waals surface area contributed by atoms with Gasteiger partial charge in [0.05, 0.1) is 25.9 Å². The fraction of sp³-hybridized carbons (Fsp3) is 0.200. The average Bonchev–Trinajstić information content (AvgIpc) is 3.05. The Morgan fingerprint density at radius 3 is 2.73 bits per heavy atom. The smallest absolute Gasteiger partial charge is 0.243 e. The van der Waals surface area contributed by atoms with Gasteiger partial charge in [-0.2, -0.15) is 0 Å². The highest BCUT2D eigenvalue weighted by Crippen LogP contribution is 2.23. The van der Waals surface area contributed by atoms with E-state index in [2.05, 4.69) is 9.56 Å². The summed E-state index contributed by atoms with van der Waals surface area (Å²) in [6.07, 6.45) is 8.56. The van der Waals surface area contributed by atoms with E-state index in [1.54, 1.807) is 30.5 Å². The zero-order valence-corrected chi connectivity index (χ0v) is 15.3. The monoisotopic (exact) mass is 370 g/mol. The molecule has 0 bridgehead atoms. The molecule has 0 amide bonds. The standard InChI is InChI=1S/C20H20ClN3O2/c1-23-10-11-24(15-23)9-2-12-26-19-8-3-16(20(25)13-19)14-22-18-6-4-17(21)5-7-18/h3-8,10-11,13-15H,2,9,12H2,1H3/p+1. The van der Waals surface area contributed by atoms with E-state index in [1.807, 2.05) is 48.5 Å². The third-order valence-corrected chi connectivity index (χ3v) is 4.09. The van der Waals surface area contributed by atoms with E-state index in [0.29, 0.717) is 22.9 Å². The molecule has 0 unspecified atom stereocenters. The van der Waals surface area contributed by atoms with E-state index in [-0.39, 0.29) is 5.75 Å². The second-order valence-electron chi connectivity index (χ2n) is 5.97. The van der Waals surface area contributed by atoms with E-state index >= 15 is 0 Å². The largest absolute Gasteiger partial charge is 0.507 e. The second kappa shape index (κ2) is 8.54. The minimum atomic E-state index is 0.137. The number of rotatable bonds is 7. The van der Waals surface area contributed by atoms with E-state index in [0.717, 1.165) is 18.7 Å². The molecule has 0 saturated heterocycles. The van der Waals surface area contributed by atoms with Crippen LogP contribution >= 0.6 is 11.6 Å². The highest BCUT2D eigenvalue weighted by molar-refractivity contribution is 6.30. The van der Waals surface area contributed by atoms with E-state index in [1.165, 1.54) is 0 Å². The van der Waals surface area contributed by atoms with Crippen molar-refractivity contribution in [3.05, 3.63) is 71.8 Å². The molecule has 2 aromatic carbocycles. The maximum atomic E-state index is 10.2. The fourth-order valence-corrected chi connectivity index (χ4v) is 2.59. The molecule has 3 aromatic rings. The number of aromatic nitrogens is 2. The van der Waals surface area contributed by atoms with Crippen LogP contribution in [0.15, 0.2) is 66.2 Å². The van der Waals surface area contributed by atoms with Crippen LogP contribution in [0.4, 0.5) is 5.69 Å². The Hall–Kier alpha value is -2.79. The minimum Gasteiger partial charge on any atom is -0.507 e. The van der Waals surface area contributed by atoms with Crippen LogP contribution in [0.2, 0.25) is 5.02 Å². The summed E-state index contributed by atoms with van der Waals surface area (Å²) in [5.74, 6) is 0.779. The van der Waals surface area contributed by atoms with Crippen LogP contribution in [0.25, 0.3) is 0 Å². The van der Waals surface area contributed by atoms with Crippen LogP contribution in [0, 0.1) is 0 Å². The minimum absolute atomic E-state index is 0.137. The van der Waals surface area contributed by atoms with Crippen LogP contribution in [-0.4, -0.2) is 22.5 Å². The second-order valence-corrected chi connectivity index (χ2v) is 6.41. The first-order chi connectivity index (χ1) is 12.6. The van der Waals surface area contributed by atoms with Gasteiger partial charge >= 0.3 is 0 Å². The average molecular weight is 371 g/mol. The third kappa shape index (κ3) is 5.10. The number of imidazole rings is 1. The Bertz CT molecular complexity index is 888. The number of hydrogen-bond donors (Lipinski definition) is 1. The summed E-state index contributed by atoms with van der Waals surface area (Å²) < 4.78 is 9.82. The first-order valence-electron chi connectivity index (χ1n) is 8.36. The molecule has 5 nitrogen and oxygen atoms in total. The summed E-state index contributed by atoms with van der Waals surface area (Å²) in [6.45, 7) is 1.47. The number of aryl methyl sites for hydroxylation is 2. The quantitative estimate of drug-likeness (QED) is 0.389. The van der Waals surface area contributed by atoms with Crippen molar-refractivity contribution >= 4 is 23.5 Å². The molecule has 0 atom stereocenters. The molecule has 1 aromatic heterocycles. The van der Waals surface area contributed by atoms with Gasteiger partial charge < -0.3 is 9.84 Å². The van der Waals surface area contributed by atoms with Gasteiger partial charge in [0.2, 0.25) is 6.33 Å². The summed E-state index contributed by atoms with van der Waals surface area (Å²) in [5.41, 5.74) is 1.40. The zero-order chi connectivity index (χ0) is 18.4. The molecule has 1 heterocycles. The number of benzene rings is 2. The summed E-state index contributed by atoms with van der Waals surface area (Å²) in [5, 5.41) is 10.8. The normalized spacial score (nSPS) is 11.2. The molecule has 0 fully saturated rings. The van der Waals surface area contributed by atoms with Crippen LogP contribution in [0.1, 0.15) is 12.0 Å². The Morgan fingerprint density at radius 2 is 2.04 bits per heavy atom. The van der Waals surface area contributed by atoms with E-state index < -0.39 is 0 Å². The topological polar surface area (TPSA) is 50.6 Å². The Balaban J connectivity index is 1.52. The third-order valence-electron chi connectivity index (χ3n) is 3.83. The lowest BCUT2D eigenvalue weighted by molar-refractivity contribution is -0.671. The van der Waals surface area contributed by atoms with Crippen molar-refractivity contribution in [2.24, 2.45) is 12.0 Å². The van der Waals surface area contributed by atoms with Gasteiger partial charge in [0, 0.05) is 29.3 Å². The number of phenolic OH excluding ortho intramolecular Hbond substituents is 1. The maximum Gasteiger partial charge on any atom is 0.243 e. The van der Waals surface area contributed by atoms with Gasteiger partial charge in [-0.1, -0.05) is 11.6 Å². The van der Waals surface area contributed by atoms with Crippen molar-refractivity contribution in [1.29, 1.82) is 0 Å². The molecule has 0 aliphatic rings. The lowest BCUT2D eigenvalue weighted by Gasteiger charge is -2.07. The SMILES string of the molecule is C[n+]1ccn(CCCOc2ccc(C=Nc3ccc(Cl)cc3)c(O)c2)c1. The van der Waals surface area contributed by atoms with Gasteiger partial charge in [0.15, 0.2) is 0 Å². The van der Waals surface area contributed by atoms with Crippen LogP contribution < -0.4 is 9.30 Å². The number of aromatic hydroxyl groups is 1. The Kier molecular flexibility index (Phi) is 5.92. The number of hydrogen-bond acceptors (Lipinski definition) is 3. The lowest BCUT2D eigenvalue weighted by Crippen LogP contribution is -2.23. The van der Waals surface area contributed by atoms with Crippen molar-refractivity contribution in [2.45, 2.75) is 13.0 Å². The van der Waals surface area contributed by atoms with Crippen LogP contribution in [0.3, 0.4) is 0 Å². The Labute approximate surface area is 157 Å². The fourth-order valence-electron chi connectivity index (χ4n) is 2.46. The summed E-state index contributed by atoms with van der Waals surface area (Å²) in [4.78, 5) is 4.33. The number of ether oxygens (including phenoxy) is 1. The predicted octanol–water partition coefficient (Wildman–Crippen LogP) is 3.89. The summed E-state index contributed by atoms with van der Waals surface area (Å²) >= 11 is 5.85. The molecule has 26 heavy (non-hydrogen) atoms. The lowest BCUT2D eigenvalue weighted by atomic mass is 10.2. The molecule has 0 saturated carbocycles. The molecular formula is C20H21ClN3O2+. The highest BCUT2D eigenvalue weighted by Gasteiger charge is 2.03. The van der Waals surface area contributed by atoms with Gasteiger partial charge in [-0.15, -0.1) is 0 Å². The van der Waals surface area contributed by atoms with E-state index in [9.17, 15) is 5.11 Å². The van der Waals surface area contributed by atoms with Crippen LogP contribution in [-0.2, 0) is 13.6 Å². The molecule has 0 spiro atoms. The van der Waals surface area contributed by atoms with Crippen LogP contribution in [0.5, 0.6) is 11.5 Å². The van der Waals surface area contributed by atoms with Gasteiger partial charge in [-0.05, 0) is 36.4 Å². The van der Waals surface area contributed by atoms with Crippen molar-refractivity contribution in [3.63, 3.8) is 0 Å². The zero-order valence-electron chi connectivity index (χ0n) is 14.5. The van der Waals surface area contributed by atoms with Crippen molar-refractivity contribution in [2.75, 3.05) is 6.61 Å². The Morgan fingerprint density at radius 1 is 1.23 bits per heavy atom. The van der Waals surface area contributed by atoms with Crippen molar-refractivity contribution in [3.8, 4) is 11.5 Å². The first-order valence-corrected chi connectivity index (χ1v) is 8.74. The van der Waals surface area contributed by atoms with E-state index in [4.69, 9.17) is 16.3 Å². The molecule has 1 N–H and O–H groups in total. The van der Waals surface area contributed by atoms with Gasteiger partial charge in [0.25, 0.3) is 0 Å². The molecule has 0 aliphatic heterocycles. The van der Waals surface area contributed by atoms with Gasteiger partial charge in [-0.3, -0.25) is 4.99 Å². The van der Waals surface area contributed by atoms with Gasteiger partial charge in [-0.25, -0.2) is 9.13 Å². The van der Waals surface area contributed by atoms with Crippen molar-refractivity contribution in [1.82, 2.24) is 4.57 Å². The van der Waals surface area contributed by atoms with Gasteiger partial charge in [0.1, 0.15) is 23.9 Å². The number of phenols is 1. The van der Waals surface area contributed by atoms with Crippen molar-refractivity contribution < 1.29 is 14.4 Å². The molecule has 0 aliphatic carbocycles. The first kappa shape index (κ1) is 18.0. The predicted molar refractivity (Wildman–Crippen MR) is 103 cm³/mol.